The number of alkyl halides is 1. The molecule has 0 radical (unpaired) electrons. The van der Waals surface area contributed by atoms with Crippen molar-refractivity contribution < 1.29 is 9.47 Å². The lowest BCUT2D eigenvalue weighted by Gasteiger charge is -2.14. The molecule has 1 atom stereocenters. The molecule has 2 aromatic rings. The van der Waals surface area contributed by atoms with Crippen LogP contribution in [0.3, 0.4) is 0 Å². The first-order valence-electron chi connectivity index (χ1n) is 7.12. The van der Waals surface area contributed by atoms with Crippen LogP contribution in [0.25, 0.3) is 0 Å². The monoisotopic (exact) mass is 348 g/mol. The fourth-order valence-electron chi connectivity index (χ4n) is 2.17. The fourth-order valence-corrected chi connectivity index (χ4v) is 2.59. The molecule has 0 amide bonds. The van der Waals surface area contributed by atoms with Crippen molar-refractivity contribution in [3.8, 4) is 5.75 Å². The van der Waals surface area contributed by atoms with Gasteiger partial charge in [-0.1, -0.05) is 58.4 Å². The summed E-state index contributed by atoms with van der Waals surface area (Å²) in [6.45, 7) is 1.40. The summed E-state index contributed by atoms with van der Waals surface area (Å²) in [5.41, 5.74) is 2.53. The van der Waals surface area contributed by atoms with Crippen molar-refractivity contribution in [3.63, 3.8) is 0 Å². The molecule has 1 unspecified atom stereocenters. The molecule has 0 aromatic heterocycles. The van der Waals surface area contributed by atoms with Crippen LogP contribution in [0.5, 0.6) is 5.75 Å². The van der Waals surface area contributed by atoms with Crippen LogP contribution in [-0.2, 0) is 17.8 Å². The molecule has 0 heterocycles. The zero-order chi connectivity index (χ0) is 14.9. The maximum absolute atomic E-state index is 5.85. The SMILES string of the molecule is COc1ccc(COCC(CBr)Cc2ccccc2)cc1. The summed E-state index contributed by atoms with van der Waals surface area (Å²) in [6.07, 6.45) is 1.04. The molecule has 0 saturated heterocycles. The number of hydrogen-bond acceptors (Lipinski definition) is 2. The molecular weight excluding hydrogens is 328 g/mol. The molecule has 2 nitrogen and oxygen atoms in total. The van der Waals surface area contributed by atoms with Crippen molar-refractivity contribution >= 4 is 15.9 Å². The predicted octanol–water partition coefficient (Wildman–Crippen LogP) is 4.47. The summed E-state index contributed by atoms with van der Waals surface area (Å²) in [6, 6.07) is 18.6. The highest BCUT2D eigenvalue weighted by Crippen LogP contribution is 2.15. The van der Waals surface area contributed by atoms with Gasteiger partial charge in [-0.15, -0.1) is 0 Å². The smallest absolute Gasteiger partial charge is 0.118 e. The van der Waals surface area contributed by atoms with Gasteiger partial charge in [0, 0.05) is 5.33 Å². The number of rotatable bonds is 8. The maximum atomic E-state index is 5.85. The second kappa shape index (κ2) is 8.85. The van der Waals surface area contributed by atoms with E-state index in [4.69, 9.17) is 9.47 Å². The van der Waals surface area contributed by atoms with Crippen molar-refractivity contribution in [3.05, 3.63) is 65.7 Å². The molecule has 0 bridgehead atoms. The first-order valence-corrected chi connectivity index (χ1v) is 8.24. The Hall–Kier alpha value is -1.32. The molecule has 0 N–H and O–H groups in total. The van der Waals surface area contributed by atoms with Gasteiger partial charge in [-0.05, 0) is 35.6 Å². The van der Waals surface area contributed by atoms with Gasteiger partial charge < -0.3 is 9.47 Å². The number of methoxy groups -OCH3 is 1. The second-order valence-electron chi connectivity index (χ2n) is 5.07. The van der Waals surface area contributed by atoms with E-state index in [0.717, 1.165) is 24.1 Å². The molecular formula is C18H21BrO2. The van der Waals surface area contributed by atoms with Crippen LogP contribution >= 0.6 is 15.9 Å². The van der Waals surface area contributed by atoms with E-state index >= 15 is 0 Å². The minimum atomic E-state index is 0.491. The molecule has 21 heavy (non-hydrogen) atoms. The molecule has 0 fully saturated rings. The van der Waals surface area contributed by atoms with Crippen LogP contribution in [0.2, 0.25) is 0 Å². The highest BCUT2D eigenvalue weighted by molar-refractivity contribution is 9.09. The third kappa shape index (κ3) is 5.52. The van der Waals surface area contributed by atoms with E-state index in [-0.39, 0.29) is 0 Å². The standard InChI is InChI=1S/C18H21BrO2/c1-20-18-9-7-16(8-10-18)13-21-14-17(12-19)11-15-5-3-2-4-6-15/h2-10,17H,11-14H2,1H3. The van der Waals surface area contributed by atoms with Gasteiger partial charge in [-0.25, -0.2) is 0 Å². The van der Waals surface area contributed by atoms with Crippen LogP contribution in [0.15, 0.2) is 54.6 Å². The van der Waals surface area contributed by atoms with Crippen LogP contribution in [0, 0.1) is 5.92 Å². The molecule has 0 aliphatic carbocycles. The largest absolute Gasteiger partial charge is 0.497 e. The lowest BCUT2D eigenvalue weighted by atomic mass is 10.0. The van der Waals surface area contributed by atoms with Gasteiger partial charge in [0.25, 0.3) is 0 Å². The average molecular weight is 349 g/mol. The first-order chi connectivity index (χ1) is 10.3. The lowest BCUT2D eigenvalue weighted by molar-refractivity contribution is 0.0937. The van der Waals surface area contributed by atoms with Gasteiger partial charge in [0.1, 0.15) is 5.75 Å². The Kier molecular flexibility index (Phi) is 6.77. The maximum Gasteiger partial charge on any atom is 0.118 e. The third-order valence-electron chi connectivity index (χ3n) is 3.37. The van der Waals surface area contributed by atoms with Crippen molar-refractivity contribution in [2.45, 2.75) is 13.0 Å². The Labute approximate surface area is 135 Å². The summed E-state index contributed by atoms with van der Waals surface area (Å²) in [5.74, 6) is 1.37. The zero-order valence-electron chi connectivity index (χ0n) is 12.3. The van der Waals surface area contributed by atoms with E-state index in [2.05, 4.69) is 40.2 Å². The third-order valence-corrected chi connectivity index (χ3v) is 4.28. The Balaban J connectivity index is 1.77. The molecule has 0 aliphatic heterocycles. The van der Waals surface area contributed by atoms with Crippen LogP contribution in [-0.4, -0.2) is 19.0 Å². The Bertz CT molecular complexity index is 511. The molecule has 112 valence electrons. The van der Waals surface area contributed by atoms with E-state index in [1.165, 1.54) is 11.1 Å². The Morgan fingerprint density at radius 1 is 0.952 bits per heavy atom. The van der Waals surface area contributed by atoms with Gasteiger partial charge in [-0.3, -0.25) is 0 Å². The molecule has 2 aromatic carbocycles. The minimum absolute atomic E-state index is 0.491. The Morgan fingerprint density at radius 2 is 1.67 bits per heavy atom. The van der Waals surface area contributed by atoms with Crippen LogP contribution in [0.1, 0.15) is 11.1 Å². The van der Waals surface area contributed by atoms with Gasteiger partial charge in [0.2, 0.25) is 0 Å². The molecule has 2 rings (SSSR count). The second-order valence-corrected chi connectivity index (χ2v) is 5.72. The van der Waals surface area contributed by atoms with Crippen molar-refractivity contribution in [1.82, 2.24) is 0 Å². The summed E-state index contributed by atoms with van der Waals surface area (Å²) < 4.78 is 11.0. The van der Waals surface area contributed by atoms with Crippen molar-refractivity contribution in [2.24, 2.45) is 5.92 Å². The number of halogens is 1. The van der Waals surface area contributed by atoms with E-state index in [9.17, 15) is 0 Å². The van der Waals surface area contributed by atoms with E-state index in [0.29, 0.717) is 12.5 Å². The molecule has 0 spiro atoms. The number of benzene rings is 2. The van der Waals surface area contributed by atoms with E-state index in [1.807, 2.05) is 30.3 Å². The van der Waals surface area contributed by atoms with Gasteiger partial charge in [-0.2, -0.15) is 0 Å². The highest BCUT2D eigenvalue weighted by atomic mass is 79.9. The van der Waals surface area contributed by atoms with E-state index < -0.39 is 0 Å². The van der Waals surface area contributed by atoms with Crippen molar-refractivity contribution in [2.75, 3.05) is 19.0 Å². The lowest BCUT2D eigenvalue weighted by Crippen LogP contribution is -2.14. The Morgan fingerprint density at radius 3 is 2.29 bits per heavy atom. The average Bonchev–Trinajstić information content (AvgIpc) is 2.55. The summed E-state index contributed by atoms with van der Waals surface area (Å²) >= 11 is 3.58. The topological polar surface area (TPSA) is 18.5 Å². The molecule has 3 heteroatoms. The minimum Gasteiger partial charge on any atom is -0.497 e. The highest BCUT2D eigenvalue weighted by Gasteiger charge is 2.08. The van der Waals surface area contributed by atoms with Crippen LogP contribution in [0.4, 0.5) is 0 Å². The molecule has 0 saturated carbocycles. The zero-order valence-corrected chi connectivity index (χ0v) is 13.9. The number of ether oxygens (including phenoxy) is 2. The predicted molar refractivity (Wildman–Crippen MR) is 90.1 cm³/mol. The van der Waals surface area contributed by atoms with Gasteiger partial charge in [0.15, 0.2) is 0 Å². The van der Waals surface area contributed by atoms with E-state index in [1.54, 1.807) is 7.11 Å². The summed E-state index contributed by atoms with van der Waals surface area (Å²) in [7, 11) is 1.68. The number of hydrogen-bond donors (Lipinski definition) is 0. The summed E-state index contributed by atoms with van der Waals surface area (Å²) in [4.78, 5) is 0. The van der Waals surface area contributed by atoms with Gasteiger partial charge >= 0.3 is 0 Å². The normalized spacial score (nSPS) is 12.1. The van der Waals surface area contributed by atoms with Crippen molar-refractivity contribution in [1.29, 1.82) is 0 Å². The quantitative estimate of drug-likeness (QED) is 0.655. The van der Waals surface area contributed by atoms with Crippen LogP contribution < -0.4 is 4.74 Å². The first kappa shape index (κ1) is 16.1. The fraction of sp³-hybridized carbons (Fsp3) is 0.333. The summed E-state index contributed by atoms with van der Waals surface area (Å²) in [5, 5.41) is 0.949. The van der Waals surface area contributed by atoms with Gasteiger partial charge in [0.05, 0.1) is 20.3 Å². The molecule has 0 aliphatic rings.